The molecule has 0 radical (unpaired) electrons. The SMILES string of the molecule is CCNCc1cccc(N(C)C(CC)CSC)n1. The van der Waals surface area contributed by atoms with Crippen LogP contribution in [0.2, 0.25) is 0 Å². The molecule has 1 heterocycles. The van der Waals surface area contributed by atoms with Crippen molar-refractivity contribution in [2.24, 2.45) is 0 Å². The maximum absolute atomic E-state index is 4.72. The molecule has 1 aromatic heterocycles. The van der Waals surface area contributed by atoms with Crippen LogP contribution in [0.3, 0.4) is 0 Å². The van der Waals surface area contributed by atoms with Gasteiger partial charge in [0.25, 0.3) is 0 Å². The van der Waals surface area contributed by atoms with Crippen LogP contribution in [0, 0.1) is 0 Å². The Morgan fingerprint density at radius 3 is 2.78 bits per heavy atom. The van der Waals surface area contributed by atoms with Gasteiger partial charge in [-0.25, -0.2) is 4.98 Å². The van der Waals surface area contributed by atoms with Crippen LogP contribution >= 0.6 is 11.8 Å². The molecular formula is C14H25N3S. The first-order valence-electron chi connectivity index (χ1n) is 6.61. The molecule has 102 valence electrons. The zero-order chi connectivity index (χ0) is 13.4. The van der Waals surface area contributed by atoms with Gasteiger partial charge in [0, 0.05) is 25.4 Å². The summed E-state index contributed by atoms with van der Waals surface area (Å²) in [6, 6.07) is 6.83. The zero-order valence-electron chi connectivity index (χ0n) is 11.9. The highest BCUT2D eigenvalue weighted by Gasteiger charge is 2.13. The van der Waals surface area contributed by atoms with Crippen molar-refractivity contribution in [3.05, 3.63) is 23.9 Å². The minimum Gasteiger partial charge on any atom is -0.356 e. The van der Waals surface area contributed by atoms with Crippen molar-refractivity contribution < 1.29 is 0 Å². The molecule has 1 atom stereocenters. The highest BCUT2D eigenvalue weighted by Crippen LogP contribution is 2.17. The van der Waals surface area contributed by atoms with E-state index in [0.717, 1.165) is 36.8 Å². The quantitative estimate of drug-likeness (QED) is 0.784. The molecule has 1 N–H and O–H groups in total. The van der Waals surface area contributed by atoms with E-state index in [9.17, 15) is 0 Å². The Kier molecular flexibility index (Phi) is 7.13. The first kappa shape index (κ1) is 15.3. The molecule has 0 aromatic carbocycles. The summed E-state index contributed by atoms with van der Waals surface area (Å²) in [6.45, 7) is 6.17. The number of rotatable bonds is 8. The summed E-state index contributed by atoms with van der Waals surface area (Å²) in [5, 5.41) is 3.31. The molecule has 0 saturated heterocycles. The molecule has 0 aliphatic heterocycles. The first-order valence-corrected chi connectivity index (χ1v) is 8.00. The lowest BCUT2D eigenvalue weighted by atomic mass is 10.2. The van der Waals surface area contributed by atoms with Gasteiger partial charge in [-0.1, -0.05) is 19.9 Å². The van der Waals surface area contributed by atoms with Crippen LogP contribution in [0.5, 0.6) is 0 Å². The van der Waals surface area contributed by atoms with Gasteiger partial charge >= 0.3 is 0 Å². The van der Waals surface area contributed by atoms with Crippen LogP contribution in [-0.2, 0) is 6.54 Å². The maximum atomic E-state index is 4.72. The molecule has 1 rings (SSSR count). The summed E-state index contributed by atoms with van der Waals surface area (Å²) < 4.78 is 0. The van der Waals surface area contributed by atoms with Crippen LogP contribution in [-0.4, -0.2) is 36.6 Å². The van der Waals surface area contributed by atoms with Crippen molar-refractivity contribution in [2.45, 2.75) is 32.9 Å². The number of hydrogen-bond donors (Lipinski definition) is 1. The van der Waals surface area contributed by atoms with E-state index >= 15 is 0 Å². The monoisotopic (exact) mass is 267 g/mol. The Balaban J connectivity index is 2.74. The molecule has 4 heteroatoms. The molecule has 0 aliphatic carbocycles. The predicted molar refractivity (Wildman–Crippen MR) is 82.5 cm³/mol. The highest BCUT2D eigenvalue weighted by molar-refractivity contribution is 7.98. The fourth-order valence-corrected chi connectivity index (χ4v) is 2.74. The van der Waals surface area contributed by atoms with Crippen LogP contribution < -0.4 is 10.2 Å². The molecule has 18 heavy (non-hydrogen) atoms. The second-order valence-electron chi connectivity index (χ2n) is 4.40. The highest BCUT2D eigenvalue weighted by atomic mass is 32.2. The van der Waals surface area contributed by atoms with Crippen molar-refractivity contribution >= 4 is 17.6 Å². The lowest BCUT2D eigenvalue weighted by Crippen LogP contribution is -2.34. The van der Waals surface area contributed by atoms with E-state index in [2.05, 4.69) is 55.6 Å². The molecule has 0 bridgehead atoms. The van der Waals surface area contributed by atoms with Crippen LogP contribution in [0.4, 0.5) is 5.82 Å². The predicted octanol–water partition coefficient (Wildman–Crippen LogP) is 2.77. The standard InChI is InChI=1S/C14H25N3S/c1-5-13(11-18-4)17(3)14-9-7-8-12(16-14)10-15-6-2/h7-9,13,15H,5-6,10-11H2,1-4H3. The number of pyridine rings is 1. The summed E-state index contributed by atoms with van der Waals surface area (Å²) in [4.78, 5) is 7.01. The Hall–Kier alpha value is -0.740. The lowest BCUT2D eigenvalue weighted by molar-refractivity contribution is 0.659. The van der Waals surface area contributed by atoms with Gasteiger partial charge in [-0.05, 0) is 31.4 Å². The van der Waals surface area contributed by atoms with E-state index in [1.165, 1.54) is 0 Å². The lowest BCUT2D eigenvalue weighted by Gasteiger charge is -2.28. The van der Waals surface area contributed by atoms with Crippen molar-refractivity contribution in [3.63, 3.8) is 0 Å². The number of hydrogen-bond acceptors (Lipinski definition) is 4. The van der Waals surface area contributed by atoms with Gasteiger partial charge in [0.1, 0.15) is 5.82 Å². The number of nitrogens with one attached hydrogen (secondary N) is 1. The number of aromatic nitrogens is 1. The second kappa shape index (κ2) is 8.38. The summed E-state index contributed by atoms with van der Waals surface area (Å²) in [5.41, 5.74) is 1.11. The Morgan fingerprint density at radius 1 is 1.39 bits per heavy atom. The van der Waals surface area contributed by atoms with Crippen LogP contribution in [0.25, 0.3) is 0 Å². The third kappa shape index (κ3) is 4.50. The average Bonchev–Trinajstić information content (AvgIpc) is 2.42. The van der Waals surface area contributed by atoms with Gasteiger partial charge in [0.15, 0.2) is 0 Å². The fourth-order valence-electron chi connectivity index (χ4n) is 1.90. The first-order chi connectivity index (χ1) is 8.72. The van der Waals surface area contributed by atoms with E-state index in [0.29, 0.717) is 6.04 Å². The minimum absolute atomic E-state index is 0.557. The van der Waals surface area contributed by atoms with Gasteiger partial charge in [0.05, 0.1) is 5.69 Å². The van der Waals surface area contributed by atoms with Gasteiger partial charge in [-0.2, -0.15) is 11.8 Å². The number of thioether (sulfide) groups is 1. The molecule has 0 aliphatic rings. The molecule has 0 spiro atoms. The van der Waals surface area contributed by atoms with Crippen LogP contribution in [0.15, 0.2) is 18.2 Å². The van der Waals surface area contributed by atoms with Crippen molar-refractivity contribution in [1.29, 1.82) is 0 Å². The zero-order valence-corrected chi connectivity index (χ0v) is 12.8. The van der Waals surface area contributed by atoms with Crippen molar-refractivity contribution in [2.75, 3.05) is 30.5 Å². The number of anilines is 1. The molecular weight excluding hydrogens is 242 g/mol. The molecule has 1 aromatic rings. The topological polar surface area (TPSA) is 28.2 Å². The summed E-state index contributed by atoms with van der Waals surface area (Å²) in [7, 11) is 2.14. The van der Waals surface area contributed by atoms with E-state index in [-0.39, 0.29) is 0 Å². The van der Waals surface area contributed by atoms with E-state index in [1.54, 1.807) is 0 Å². The number of nitrogens with zero attached hydrogens (tertiary/aromatic N) is 2. The Morgan fingerprint density at radius 2 is 2.17 bits per heavy atom. The fraction of sp³-hybridized carbons (Fsp3) is 0.643. The summed E-state index contributed by atoms with van der Waals surface area (Å²) in [6.07, 6.45) is 3.31. The molecule has 1 unspecified atom stereocenters. The Bertz CT molecular complexity index is 344. The van der Waals surface area contributed by atoms with Crippen molar-refractivity contribution in [1.82, 2.24) is 10.3 Å². The Labute approximate surface area is 115 Å². The second-order valence-corrected chi connectivity index (χ2v) is 5.31. The van der Waals surface area contributed by atoms with Gasteiger partial charge < -0.3 is 10.2 Å². The average molecular weight is 267 g/mol. The third-order valence-corrected chi connectivity index (χ3v) is 3.81. The maximum Gasteiger partial charge on any atom is 0.128 e. The smallest absolute Gasteiger partial charge is 0.128 e. The van der Waals surface area contributed by atoms with Gasteiger partial charge in [-0.3, -0.25) is 0 Å². The van der Waals surface area contributed by atoms with Crippen molar-refractivity contribution in [3.8, 4) is 0 Å². The van der Waals surface area contributed by atoms with E-state index < -0.39 is 0 Å². The van der Waals surface area contributed by atoms with E-state index in [4.69, 9.17) is 4.98 Å². The normalized spacial score (nSPS) is 12.4. The van der Waals surface area contributed by atoms with E-state index in [1.807, 2.05) is 11.8 Å². The molecule has 3 nitrogen and oxygen atoms in total. The minimum atomic E-state index is 0.557. The third-order valence-electron chi connectivity index (χ3n) is 3.09. The van der Waals surface area contributed by atoms with Gasteiger partial charge in [-0.15, -0.1) is 0 Å². The molecule has 0 fully saturated rings. The molecule has 0 amide bonds. The van der Waals surface area contributed by atoms with Crippen LogP contribution in [0.1, 0.15) is 26.0 Å². The largest absolute Gasteiger partial charge is 0.356 e. The summed E-state index contributed by atoms with van der Waals surface area (Å²) >= 11 is 1.89. The van der Waals surface area contributed by atoms with Gasteiger partial charge in [0.2, 0.25) is 0 Å². The summed E-state index contributed by atoms with van der Waals surface area (Å²) in [5.74, 6) is 2.22. The molecule has 0 saturated carbocycles.